The summed E-state index contributed by atoms with van der Waals surface area (Å²) < 4.78 is 13.6. The molecule has 1 unspecified atom stereocenters. The Morgan fingerprint density at radius 3 is 1.75 bits per heavy atom. The van der Waals surface area contributed by atoms with Gasteiger partial charge in [0.1, 0.15) is 0 Å². The molecule has 4 heteroatoms. The monoisotopic (exact) mass is 326 g/mol. The molecule has 2 rings (SSSR count). The molecule has 0 heterocycles. The van der Waals surface area contributed by atoms with Crippen molar-refractivity contribution < 1.29 is 4.57 Å². The highest BCUT2D eigenvalue weighted by molar-refractivity contribution is 7.80. The molecule has 0 aliphatic heterocycles. The van der Waals surface area contributed by atoms with Crippen LogP contribution in [0, 0.1) is 0 Å². The molecule has 0 aliphatic carbocycles. The lowest BCUT2D eigenvalue weighted by molar-refractivity contribution is 0.582. The second-order valence-electron chi connectivity index (χ2n) is 4.59. The topological polar surface area (TPSA) is 17.1 Å². The Balaban J connectivity index is 2.47. The van der Waals surface area contributed by atoms with E-state index < -0.39 is 12.3 Å². The molecular weight excluding hydrogens is 310 g/mol. The molecular formula is C16H17Cl2OP. The lowest BCUT2D eigenvalue weighted by Crippen LogP contribution is -2.22. The number of hydrogen-bond donors (Lipinski definition) is 0. The second kappa shape index (κ2) is 7.31. The van der Waals surface area contributed by atoms with Crippen LogP contribution in [0.15, 0.2) is 60.7 Å². The van der Waals surface area contributed by atoms with Crippen LogP contribution in [0.3, 0.4) is 0 Å². The maximum Gasteiger partial charge on any atom is 0.160 e. The number of rotatable bonds is 6. The van der Waals surface area contributed by atoms with Gasteiger partial charge in [0, 0.05) is 16.5 Å². The van der Waals surface area contributed by atoms with Crippen molar-refractivity contribution >= 4 is 41.0 Å². The Bertz CT molecular complexity index is 528. The zero-order valence-electron chi connectivity index (χ0n) is 11.1. The van der Waals surface area contributed by atoms with Crippen molar-refractivity contribution in [1.29, 1.82) is 0 Å². The number of hydrogen-bond acceptors (Lipinski definition) is 1. The van der Waals surface area contributed by atoms with Crippen LogP contribution in [0.2, 0.25) is 0 Å². The smallest absolute Gasteiger partial charge is 0.160 e. The van der Waals surface area contributed by atoms with Crippen molar-refractivity contribution in [2.45, 2.75) is 18.0 Å². The molecule has 1 atom stereocenters. The fourth-order valence-electron chi connectivity index (χ4n) is 2.20. The van der Waals surface area contributed by atoms with Crippen LogP contribution in [0.5, 0.6) is 0 Å². The molecule has 0 saturated carbocycles. The predicted molar refractivity (Wildman–Crippen MR) is 89.4 cm³/mol. The Kier molecular flexibility index (Phi) is 5.72. The lowest BCUT2D eigenvalue weighted by atomic mass is 10.4. The molecule has 0 aliphatic rings. The summed E-state index contributed by atoms with van der Waals surface area (Å²) in [5, 5.41) is 1.19. The van der Waals surface area contributed by atoms with Crippen LogP contribution in [0.4, 0.5) is 0 Å². The summed E-state index contributed by atoms with van der Waals surface area (Å²) in [6.07, 6.45) is 1.41. The fourth-order valence-corrected chi connectivity index (χ4v) is 5.91. The van der Waals surface area contributed by atoms with Crippen LogP contribution in [-0.4, -0.2) is 11.0 Å². The van der Waals surface area contributed by atoms with E-state index in [1.807, 2.05) is 60.7 Å². The predicted octanol–water partition coefficient (Wildman–Crippen LogP) is 4.58. The third-order valence-corrected chi connectivity index (χ3v) is 7.74. The van der Waals surface area contributed by atoms with Crippen molar-refractivity contribution in [3.63, 3.8) is 0 Å². The maximum absolute atomic E-state index is 13.6. The van der Waals surface area contributed by atoms with Gasteiger partial charge in [-0.1, -0.05) is 60.7 Å². The largest absolute Gasteiger partial charge is 0.312 e. The number of halogens is 2. The first-order chi connectivity index (χ1) is 9.69. The zero-order valence-corrected chi connectivity index (χ0v) is 13.5. The first kappa shape index (κ1) is 15.6. The van der Waals surface area contributed by atoms with Crippen LogP contribution in [-0.2, 0) is 4.57 Å². The Labute approximate surface area is 130 Å². The molecule has 0 N–H and O–H groups in total. The summed E-state index contributed by atoms with van der Waals surface area (Å²) >= 11 is 12.3. The first-order valence-electron chi connectivity index (χ1n) is 6.60. The van der Waals surface area contributed by atoms with Crippen molar-refractivity contribution in [1.82, 2.24) is 0 Å². The highest BCUT2D eigenvalue weighted by atomic mass is 35.5. The van der Waals surface area contributed by atoms with Gasteiger partial charge in [0.05, 0.1) is 5.12 Å². The fraction of sp³-hybridized carbons (Fsp3) is 0.250. The summed E-state index contributed by atoms with van der Waals surface area (Å²) in [5.74, 6) is 0.535. The van der Waals surface area contributed by atoms with E-state index in [1.54, 1.807) is 0 Å². The summed E-state index contributed by atoms with van der Waals surface area (Å²) in [4.78, 5) is 0. The SMILES string of the molecule is O=P(c1ccccc1)(c1ccccc1)C(Cl)CCCCl. The molecule has 0 saturated heterocycles. The third-order valence-electron chi connectivity index (χ3n) is 3.25. The van der Waals surface area contributed by atoms with E-state index in [0.717, 1.165) is 17.0 Å². The van der Waals surface area contributed by atoms with Gasteiger partial charge in [-0.2, -0.15) is 0 Å². The lowest BCUT2D eigenvalue weighted by Gasteiger charge is -2.24. The highest BCUT2D eigenvalue weighted by Crippen LogP contribution is 2.52. The minimum atomic E-state index is -2.84. The van der Waals surface area contributed by atoms with Gasteiger partial charge in [0.25, 0.3) is 0 Å². The summed E-state index contributed by atoms with van der Waals surface area (Å²) in [5.41, 5.74) is 0. The van der Waals surface area contributed by atoms with Gasteiger partial charge in [-0.3, -0.25) is 0 Å². The van der Waals surface area contributed by atoms with Crippen LogP contribution < -0.4 is 10.6 Å². The molecule has 106 valence electrons. The summed E-state index contributed by atoms with van der Waals surface area (Å²) in [7, 11) is -2.84. The summed E-state index contributed by atoms with van der Waals surface area (Å²) in [6, 6.07) is 19.0. The van der Waals surface area contributed by atoms with Gasteiger partial charge < -0.3 is 4.57 Å². The van der Waals surface area contributed by atoms with E-state index >= 15 is 0 Å². The van der Waals surface area contributed by atoms with Crippen LogP contribution >= 0.6 is 30.3 Å². The van der Waals surface area contributed by atoms with Gasteiger partial charge >= 0.3 is 0 Å². The van der Waals surface area contributed by atoms with Crippen molar-refractivity contribution in [3.05, 3.63) is 60.7 Å². The van der Waals surface area contributed by atoms with E-state index in [9.17, 15) is 4.57 Å². The Hall–Kier alpha value is -0.750. The molecule has 0 fully saturated rings. The quantitative estimate of drug-likeness (QED) is 0.560. The minimum absolute atomic E-state index is 0.425. The van der Waals surface area contributed by atoms with Gasteiger partial charge in [0.2, 0.25) is 0 Å². The van der Waals surface area contributed by atoms with Gasteiger partial charge in [-0.15, -0.1) is 23.2 Å². The second-order valence-corrected chi connectivity index (χ2v) is 8.78. The molecule has 0 amide bonds. The van der Waals surface area contributed by atoms with E-state index in [2.05, 4.69) is 0 Å². The zero-order chi connectivity index (χ0) is 14.4. The molecule has 0 radical (unpaired) electrons. The minimum Gasteiger partial charge on any atom is -0.312 e. The standard InChI is InChI=1S/C16H17Cl2OP/c17-13-7-12-16(18)20(19,14-8-3-1-4-9-14)15-10-5-2-6-11-15/h1-6,8-11,16H,7,12-13H2. The first-order valence-corrected chi connectivity index (χ1v) is 9.35. The normalized spacial score (nSPS) is 13.1. The van der Waals surface area contributed by atoms with E-state index in [1.165, 1.54) is 0 Å². The molecule has 2 aromatic carbocycles. The van der Waals surface area contributed by atoms with Crippen molar-refractivity contribution in [2.24, 2.45) is 0 Å². The maximum atomic E-state index is 13.6. The molecule has 1 nitrogen and oxygen atoms in total. The highest BCUT2D eigenvalue weighted by Gasteiger charge is 2.34. The van der Waals surface area contributed by atoms with Crippen molar-refractivity contribution in [2.75, 3.05) is 5.88 Å². The molecule has 0 bridgehead atoms. The molecule has 0 spiro atoms. The van der Waals surface area contributed by atoms with Gasteiger partial charge in [-0.05, 0) is 12.8 Å². The molecule has 0 aromatic heterocycles. The Morgan fingerprint density at radius 2 is 1.35 bits per heavy atom. The Morgan fingerprint density at radius 1 is 0.900 bits per heavy atom. The molecule has 2 aromatic rings. The van der Waals surface area contributed by atoms with E-state index in [4.69, 9.17) is 23.2 Å². The van der Waals surface area contributed by atoms with Gasteiger partial charge in [-0.25, -0.2) is 0 Å². The van der Waals surface area contributed by atoms with E-state index in [0.29, 0.717) is 12.3 Å². The molecule has 20 heavy (non-hydrogen) atoms. The van der Waals surface area contributed by atoms with Gasteiger partial charge in [0.15, 0.2) is 7.14 Å². The average molecular weight is 327 g/mol. The third kappa shape index (κ3) is 3.28. The number of benzene rings is 2. The van der Waals surface area contributed by atoms with E-state index in [-0.39, 0.29) is 0 Å². The van der Waals surface area contributed by atoms with Crippen LogP contribution in [0.25, 0.3) is 0 Å². The number of alkyl halides is 2. The average Bonchev–Trinajstić information content (AvgIpc) is 2.53. The van der Waals surface area contributed by atoms with Crippen LogP contribution in [0.1, 0.15) is 12.8 Å². The summed E-state index contributed by atoms with van der Waals surface area (Å²) in [6.45, 7) is 0. The van der Waals surface area contributed by atoms with Crippen molar-refractivity contribution in [3.8, 4) is 0 Å².